The fourth-order valence-electron chi connectivity index (χ4n) is 0.381. The fourth-order valence-corrected chi connectivity index (χ4v) is 0.381. The molecule has 0 fully saturated rings. The summed E-state index contributed by atoms with van der Waals surface area (Å²) in [5.41, 5.74) is 0. The first-order valence-electron chi connectivity index (χ1n) is 2.88. The van der Waals surface area contributed by atoms with Gasteiger partial charge in [-0.05, 0) is 6.42 Å². The zero-order valence-electron chi connectivity index (χ0n) is 5.70. The Morgan fingerprint density at radius 1 is 1.60 bits per heavy atom. The molecule has 0 saturated heterocycles. The highest BCUT2D eigenvalue weighted by Gasteiger charge is 1.92. The molecule has 0 aromatic heterocycles. The van der Waals surface area contributed by atoms with E-state index in [0.29, 0.717) is 6.42 Å². The summed E-state index contributed by atoms with van der Waals surface area (Å²) < 4.78 is 0. The first-order valence-corrected chi connectivity index (χ1v) is 2.88. The van der Waals surface area contributed by atoms with Gasteiger partial charge in [-0.3, -0.25) is 9.59 Å². The number of hydrogen-bond donors (Lipinski definition) is 1. The van der Waals surface area contributed by atoms with Gasteiger partial charge in [0.1, 0.15) is 0 Å². The van der Waals surface area contributed by atoms with Crippen LogP contribution in [0.5, 0.6) is 0 Å². The Morgan fingerprint density at radius 2 is 2.20 bits per heavy atom. The largest absolute Gasteiger partial charge is 0.481 e. The Balaban J connectivity index is 3.36. The van der Waals surface area contributed by atoms with Gasteiger partial charge in [-0.25, -0.2) is 4.99 Å². The van der Waals surface area contributed by atoms with Crippen molar-refractivity contribution in [3.05, 3.63) is 0 Å². The van der Waals surface area contributed by atoms with Gasteiger partial charge < -0.3 is 5.11 Å². The molecule has 10 heavy (non-hydrogen) atoms. The van der Waals surface area contributed by atoms with Crippen molar-refractivity contribution in [3.63, 3.8) is 0 Å². The normalized spacial score (nSPS) is 10.1. The van der Waals surface area contributed by atoms with Gasteiger partial charge in [-0.15, -0.1) is 0 Å². The standard InChI is InChI=1S/C6H9NO3/c1-5(8)7-4-2-3-6(9)10/h4H,2-3H2,1H3,(H,9,10). The van der Waals surface area contributed by atoms with Crippen LogP contribution in [0, 0.1) is 0 Å². The zero-order valence-corrected chi connectivity index (χ0v) is 5.70. The molecule has 1 N–H and O–H groups in total. The van der Waals surface area contributed by atoms with Gasteiger partial charge in [0.2, 0.25) is 5.91 Å². The maximum Gasteiger partial charge on any atom is 0.303 e. The molecule has 0 heterocycles. The predicted octanol–water partition coefficient (Wildman–Crippen LogP) is 0.468. The molecule has 0 aromatic rings. The fraction of sp³-hybridized carbons (Fsp3) is 0.500. The SMILES string of the molecule is CC(=O)N=CCCC(=O)O. The number of amides is 1. The highest BCUT2D eigenvalue weighted by atomic mass is 16.4. The molecule has 56 valence electrons. The van der Waals surface area contributed by atoms with Crippen LogP contribution in [0.15, 0.2) is 4.99 Å². The van der Waals surface area contributed by atoms with Crippen LogP contribution in [0.4, 0.5) is 0 Å². The first-order chi connectivity index (χ1) is 4.63. The van der Waals surface area contributed by atoms with E-state index in [1.165, 1.54) is 13.1 Å². The minimum absolute atomic E-state index is 0.0246. The number of rotatable bonds is 3. The van der Waals surface area contributed by atoms with Gasteiger partial charge in [-0.1, -0.05) is 0 Å². The Morgan fingerprint density at radius 3 is 2.60 bits per heavy atom. The van der Waals surface area contributed by atoms with E-state index in [4.69, 9.17) is 5.11 Å². The molecule has 4 heteroatoms. The molecular formula is C6H9NO3. The minimum Gasteiger partial charge on any atom is -0.481 e. The van der Waals surface area contributed by atoms with E-state index >= 15 is 0 Å². The first kappa shape index (κ1) is 8.81. The summed E-state index contributed by atoms with van der Waals surface area (Å²) in [5.74, 6) is -1.18. The summed E-state index contributed by atoms with van der Waals surface area (Å²) in [4.78, 5) is 23.4. The number of aliphatic carboxylic acids is 1. The second kappa shape index (κ2) is 4.67. The third kappa shape index (κ3) is 6.81. The molecule has 0 bridgehead atoms. The van der Waals surface area contributed by atoms with Crippen molar-refractivity contribution in [2.45, 2.75) is 19.8 Å². The lowest BCUT2D eigenvalue weighted by molar-refractivity contribution is -0.136. The van der Waals surface area contributed by atoms with Crippen molar-refractivity contribution in [2.24, 2.45) is 4.99 Å². The van der Waals surface area contributed by atoms with Crippen molar-refractivity contribution >= 4 is 18.1 Å². The molecule has 0 spiro atoms. The van der Waals surface area contributed by atoms with Crippen LogP contribution in [0.1, 0.15) is 19.8 Å². The van der Waals surface area contributed by atoms with Crippen LogP contribution in [-0.4, -0.2) is 23.2 Å². The lowest BCUT2D eigenvalue weighted by atomic mass is 10.3. The van der Waals surface area contributed by atoms with E-state index in [1.54, 1.807) is 0 Å². The van der Waals surface area contributed by atoms with E-state index in [2.05, 4.69) is 4.99 Å². The number of carbonyl (C=O) groups excluding carboxylic acids is 1. The van der Waals surface area contributed by atoms with Gasteiger partial charge in [-0.2, -0.15) is 0 Å². The minimum atomic E-state index is -0.880. The molecule has 0 saturated carbocycles. The molecule has 0 aliphatic carbocycles. The van der Waals surface area contributed by atoms with Crippen molar-refractivity contribution in [2.75, 3.05) is 0 Å². The van der Waals surface area contributed by atoms with Crippen molar-refractivity contribution in [1.29, 1.82) is 0 Å². The monoisotopic (exact) mass is 143 g/mol. The summed E-state index contributed by atoms with van der Waals surface area (Å²) in [7, 11) is 0. The molecule has 0 aliphatic rings. The number of carboxylic acids is 1. The van der Waals surface area contributed by atoms with Crippen LogP contribution in [0.25, 0.3) is 0 Å². The summed E-state index contributed by atoms with van der Waals surface area (Å²) >= 11 is 0. The highest BCUT2D eigenvalue weighted by molar-refractivity contribution is 5.83. The molecule has 1 amide bonds. The maximum atomic E-state index is 10.1. The van der Waals surface area contributed by atoms with Crippen molar-refractivity contribution < 1.29 is 14.7 Å². The molecule has 0 radical (unpaired) electrons. The third-order valence-corrected chi connectivity index (χ3v) is 0.760. The second-order valence-corrected chi connectivity index (χ2v) is 1.76. The van der Waals surface area contributed by atoms with E-state index in [-0.39, 0.29) is 12.3 Å². The summed E-state index contributed by atoms with van der Waals surface area (Å²) in [5, 5.41) is 8.13. The van der Waals surface area contributed by atoms with E-state index in [0.717, 1.165) is 0 Å². The maximum absolute atomic E-state index is 10.1. The molecule has 4 nitrogen and oxygen atoms in total. The van der Waals surface area contributed by atoms with Crippen molar-refractivity contribution in [3.8, 4) is 0 Å². The number of hydrogen-bond acceptors (Lipinski definition) is 2. The summed E-state index contributed by atoms with van der Waals surface area (Å²) in [6, 6.07) is 0. The quantitative estimate of drug-likeness (QED) is 0.584. The summed E-state index contributed by atoms with van der Waals surface area (Å²) in [6.45, 7) is 1.32. The van der Waals surface area contributed by atoms with Crippen LogP contribution < -0.4 is 0 Å². The van der Waals surface area contributed by atoms with Crippen LogP contribution in [-0.2, 0) is 9.59 Å². The Kier molecular flexibility index (Phi) is 4.11. The van der Waals surface area contributed by atoms with E-state index < -0.39 is 5.97 Å². The lowest BCUT2D eigenvalue weighted by Gasteiger charge is -1.84. The van der Waals surface area contributed by atoms with Gasteiger partial charge in [0.05, 0.1) is 6.42 Å². The van der Waals surface area contributed by atoms with Crippen LogP contribution >= 0.6 is 0 Å². The second-order valence-electron chi connectivity index (χ2n) is 1.76. The lowest BCUT2D eigenvalue weighted by Crippen LogP contribution is -1.94. The average Bonchev–Trinajstić information content (AvgIpc) is 1.79. The van der Waals surface area contributed by atoms with Crippen molar-refractivity contribution in [1.82, 2.24) is 0 Å². The topological polar surface area (TPSA) is 66.7 Å². The van der Waals surface area contributed by atoms with Crippen LogP contribution in [0.3, 0.4) is 0 Å². The number of nitrogens with zero attached hydrogens (tertiary/aromatic N) is 1. The third-order valence-electron chi connectivity index (χ3n) is 0.760. The van der Waals surface area contributed by atoms with E-state index in [1.807, 2.05) is 0 Å². The Hall–Kier alpha value is -1.19. The molecule has 0 unspecified atom stereocenters. The van der Waals surface area contributed by atoms with Gasteiger partial charge in [0.15, 0.2) is 0 Å². The molecule has 0 aliphatic heterocycles. The molecule has 0 atom stereocenters. The zero-order chi connectivity index (χ0) is 7.98. The predicted molar refractivity (Wildman–Crippen MR) is 36.0 cm³/mol. The highest BCUT2D eigenvalue weighted by Crippen LogP contribution is 1.84. The van der Waals surface area contributed by atoms with Gasteiger partial charge in [0.25, 0.3) is 0 Å². The van der Waals surface area contributed by atoms with Gasteiger partial charge >= 0.3 is 5.97 Å². The van der Waals surface area contributed by atoms with Crippen LogP contribution in [0.2, 0.25) is 0 Å². The van der Waals surface area contributed by atoms with Gasteiger partial charge in [0, 0.05) is 13.1 Å². The van der Waals surface area contributed by atoms with E-state index in [9.17, 15) is 9.59 Å². The molecule has 0 aromatic carbocycles. The Labute approximate surface area is 58.6 Å². The number of carboxylic acid groups (broad SMARTS) is 1. The Bertz CT molecular complexity index is 162. The number of aliphatic imine (C=N–C) groups is 1. The smallest absolute Gasteiger partial charge is 0.303 e. The summed E-state index contributed by atoms with van der Waals surface area (Å²) in [6.07, 6.45) is 1.65. The number of carbonyl (C=O) groups is 2. The average molecular weight is 143 g/mol. The molecular weight excluding hydrogens is 134 g/mol. The molecule has 0 rings (SSSR count).